The Morgan fingerprint density at radius 3 is 2.33 bits per heavy atom. The molecule has 1 nitrogen and oxygen atoms in total. The van der Waals surface area contributed by atoms with Gasteiger partial charge < -0.3 is 4.74 Å². The SMILES string of the molecule is [2H]C(c1ccccc1)[C@@H](COC)C(C)(C)C. The highest BCUT2D eigenvalue weighted by atomic mass is 16.5. The highest BCUT2D eigenvalue weighted by Crippen LogP contribution is 2.29. The van der Waals surface area contributed by atoms with Gasteiger partial charge in [0.05, 0.1) is 0 Å². The van der Waals surface area contributed by atoms with E-state index in [1.54, 1.807) is 7.11 Å². The van der Waals surface area contributed by atoms with Crippen molar-refractivity contribution in [1.29, 1.82) is 0 Å². The number of hydrogen-bond donors (Lipinski definition) is 0. The number of methoxy groups -OCH3 is 1. The minimum Gasteiger partial charge on any atom is -0.384 e. The van der Waals surface area contributed by atoms with Crippen molar-refractivity contribution in [3.63, 3.8) is 0 Å². The van der Waals surface area contributed by atoms with Gasteiger partial charge in [-0.25, -0.2) is 0 Å². The molecule has 0 aliphatic rings. The first-order valence-electron chi connectivity index (χ1n) is 6.00. The molecule has 0 aromatic heterocycles. The van der Waals surface area contributed by atoms with Gasteiger partial charge in [0.2, 0.25) is 0 Å². The average molecular weight is 207 g/mol. The summed E-state index contributed by atoms with van der Waals surface area (Å²) in [7, 11) is 1.70. The van der Waals surface area contributed by atoms with E-state index in [4.69, 9.17) is 6.11 Å². The Bertz CT molecular complexity index is 302. The molecule has 0 spiro atoms. The molecule has 0 heterocycles. The van der Waals surface area contributed by atoms with Crippen molar-refractivity contribution in [3.8, 4) is 0 Å². The summed E-state index contributed by atoms with van der Waals surface area (Å²) in [6, 6.07) is 10.0. The van der Waals surface area contributed by atoms with Gasteiger partial charge in [0.1, 0.15) is 0 Å². The van der Waals surface area contributed by atoms with E-state index in [1.165, 1.54) is 0 Å². The zero-order chi connectivity index (χ0) is 12.2. The Balaban J connectivity index is 2.87. The average Bonchev–Trinajstić information content (AvgIpc) is 2.25. The van der Waals surface area contributed by atoms with Gasteiger partial charge in [0.15, 0.2) is 0 Å². The normalized spacial score (nSPS) is 16.9. The van der Waals surface area contributed by atoms with Crippen LogP contribution in [0.4, 0.5) is 0 Å². The number of rotatable bonds is 4. The zero-order valence-corrected chi connectivity index (χ0v) is 10.2. The summed E-state index contributed by atoms with van der Waals surface area (Å²) in [5, 5.41) is 0. The molecule has 0 bridgehead atoms. The Kier molecular flexibility index (Phi) is 3.79. The van der Waals surface area contributed by atoms with Crippen LogP contribution in [0.1, 0.15) is 27.7 Å². The molecular weight excluding hydrogens is 184 g/mol. The van der Waals surface area contributed by atoms with E-state index in [9.17, 15) is 0 Å². The van der Waals surface area contributed by atoms with Gasteiger partial charge in [-0.1, -0.05) is 51.1 Å². The number of benzene rings is 1. The molecule has 0 fully saturated rings. The van der Waals surface area contributed by atoms with Gasteiger partial charge in [-0.05, 0) is 23.3 Å². The van der Waals surface area contributed by atoms with Crippen LogP contribution < -0.4 is 0 Å². The summed E-state index contributed by atoms with van der Waals surface area (Å²) in [6.07, 6.45) is -0.221. The second-order valence-corrected chi connectivity index (χ2v) is 5.01. The first-order valence-corrected chi connectivity index (χ1v) is 5.43. The van der Waals surface area contributed by atoms with E-state index in [1.807, 2.05) is 30.3 Å². The van der Waals surface area contributed by atoms with E-state index >= 15 is 0 Å². The van der Waals surface area contributed by atoms with Crippen LogP contribution in [0.3, 0.4) is 0 Å². The van der Waals surface area contributed by atoms with Crippen LogP contribution in [-0.2, 0) is 11.1 Å². The predicted molar refractivity (Wildman–Crippen MR) is 65.0 cm³/mol. The van der Waals surface area contributed by atoms with E-state index < -0.39 is 0 Å². The molecule has 1 heteroatoms. The second-order valence-electron chi connectivity index (χ2n) is 5.01. The van der Waals surface area contributed by atoms with Gasteiger partial charge in [-0.2, -0.15) is 0 Å². The molecule has 0 aliphatic heterocycles. The quantitative estimate of drug-likeness (QED) is 0.734. The highest BCUT2D eigenvalue weighted by Gasteiger charge is 2.24. The van der Waals surface area contributed by atoms with Gasteiger partial charge in [0, 0.05) is 15.1 Å². The summed E-state index contributed by atoms with van der Waals surface area (Å²) in [5.74, 6) is 0.208. The second kappa shape index (κ2) is 5.32. The van der Waals surface area contributed by atoms with Crippen LogP contribution in [0.25, 0.3) is 0 Å². The molecule has 84 valence electrons. The summed E-state index contributed by atoms with van der Waals surface area (Å²) in [5.41, 5.74) is 1.15. The van der Waals surface area contributed by atoms with Crippen molar-refractivity contribution in [2.75, 3.05) is 13.7 Å². The molecule has 15 heavy (non-hydrogen) atoms. The lowest BCUT2D eigenvalue weighted by Crippen LogP contribution is -2.26. The van der Waals surface area contributed by atoms with Crippen LogP contribution in [0.5, 0.6) is 0 Å². The first kappa shape index (κ1) is 10.7. The van der Waals surface area contributed by atoms with Crippen molar-refractivity contribution in [2.45, 2.75) is 27.2 Å². The number of ether oxygens (including phenoxy) is 1. The third-order valence-corrected chi connectivity index (χ3v) is 2.65. The van der Waals surface area contributed by atoms with Crippen molar-refractivity contribution in [3.05, 3.63) is 35.9 Å². The number of hydrogen-bond acceptors (Lipinski definition) is 1. The fraction of sp³-hybridized carbons (Fsp3) is 0.571. The summed E-state index contributed by atoms with van der Waals surface area (Å²) in [6.45, 7) is 7.13. The lowest BCUT2D eigenvalue weighted by atomic mass is 9.78. The molecule has 1 aromatic rings. The van der Waals surface area contributed by atoms with Gasteiger partial charge in [0.25, 0.3) is 0 Å². The molecule has 1 rings (SSSR count). The van der Waals surface area contributed by atoms with E-state index in [0.29, 0.717) is 6.61 Å². The zero-order valence-electron chi connectivity index (χ0n) is 11.2. The Labute approximate surface area is 94.9 Å². The third kappa shape index (κ3) is 4.05. The Morgan fingerprint density at radius 1 is 1.27 bits per heavy atom. The molecular formula is C14H22O. The van der Waals surface area contributed by atoms with Crippen LogP contribution in [0.15, 0.2) is 30.3 Å². The van der Waals surface area contributed by atoms with Crippen molar-refractivity contribution in [2.24, 2.45) is 11.3 Å². The van der Waals surface area contributed by atoms with Crippen LogP contribution in [-0.4, -0.2) is 13.7 Å². The lowest BCUT2D eigenvalue weighted by molar-refractivity contribution is 0.0902. The summed E-state index contributed by atoms with van der Waals surface area (Å²) in [4.78, 5) is 0. The van der Waals surface area contributed by atoms with E-state index in [2.05, 4.69) is 20.8 Å². The fourth-order valence-electron chi connectivity index (χ4n) is 1.52. The maximum atomic E-state index is 8.35. The summed E-state index contributed by atoms with van der Waals surface area (Å²) < 4.78 is 13.6. The molecule has 0 saturated heterocycles. The summed E-state index contributed by atoms with van der Waals surface area (Å²) >= 11 is 0. The highest BCUT2D eigenvalue weighted by molar-refractivity contribution is 5.15. The lowest BCUT2D eigenvalue weighted by Gasteiger charge is -2.30. The third-order valence-electron chi connectivity index (χ3n) is 2.65. The smallest absolute Gasteiger partial charge is 0.0498 e. The monoisotopic (exact) mass is 207 g/mol. The van der Waals surface area contributed by atoms with Gasteiger partial charge >= 0.3 is 0 Å². The molecule has 1 unspecified atom stereocenters. The molecule has 0 radical (unpaired) electrons. The predicted octanol–water partition coefficient (Wildman–Crippen LogP) is 3.54. The van der Waals surface area contributed by atoms with Crippen LogP contribution in [0, 0.1) is 11.3 Å². The Morgan fingerprint density at radius 2 is 1.87 bits per heavy atom. The standard InChI is InChI=1S/C14H22O/c1-14(2,3)13(11-15-4)10-12-8-6-5-7-9-12/h5-9,13H,10-11H2,1-4H3/t13-/m0/s1/i10D/t10?,13-. The first-order chi connectivity index (χ1) is 7.46. The van der Waals surface area contributed by atoms with E-state index in [0.717, 1.165) is 5.56 Å². The van der Waals surface area contributed by atoms with E-state index in [-0.39, 0.29) is 17.7 Å². The minimum absolute atomic E-state index is 0.0816. The molecule has 1 aromatic carbocycles. The largest absolute Gasteiger partial charge is 0.384 e. The van der Waals surface area contributed by atoms with Crippen molar-refractivity contribution in [1.82, 2.24) is 0 Å². The molecule has 0 amide bonds. The van der Waals surface area contributed by atoms with Crippen LogP contribution in [0.2, 0.25) is 0 Å². The topological polar surface area (TPSA) is 9.23 Å². The van der Waals surface area contributed by atoms with Crippen molar-refractivity contribution >= 4 is 0 Å². The molecule has 2 atom stereocenters. The van der Waals surface area contributed by atoms with Crippen molar-refractivity contribution < 1.29 is 6.11 Å². The van der Waals surface area contributed by atoms with Gasteiger partial charge in [-0.3, -0.25) is 0 Å². The minimum atomic E-state index is -0.221. The molecule has 0 saturated carbocycles. The van der Waals surface area contributed by atoms with Gasteiger partial charge in [-0.15, -0.1) is 0 Å². The Hall–Kier alpha value is -0.820. The maximum Gasteiger partial charge on any atom is 0.0498 e. The molecule has 0 N–H and O–H groups in total. The van der Waals surface area contributed by atoms with Crippen LogP contribution >= 0.6 is 0 Å². The fourth-order valence-corrected chi connectivity index (χ4v) is 1.52. The molecule has 0 aliphatic carbocycles. The maximum absolute atomic E-state index is 8.35.